The van der Waals surface area contributed by atoms with E-state index in [1.807, 2.05) is 50.2 Å². The third kappa shape index (κ3) is 5.49. The zero-order valence-electron chi connectivity index (χ0n) is 15.6. The summed E-state index contributed by atoms with van der Waals surface area (Å²) in [4.78, 5) is 12.6. The van der Waals surface area contributed by atoms with Gasteiger partial charge in [0.05, 0.1) is 9.82 Å². The Morgan fingerprint density at radius 1 is 1.11 bits per heavy atom. The van der Waals surface area contributed by atoms with Gasteiger partial charge in [0.25, 0.3) is 5.69 Å². The van der Waals surface area contributed by atoms with Crippen LogP contribution in [0.25, 0.3) is 0 Å². The summed E-state index contributed by atoms with van der Waals surface area (Å²) in [7, 11) is -0.169. The Bertz CT molecular complexity index is 913. The highest BCUT2D eigenvalue weighted by Gasteiger charge is 2.21. The van der Waals surface area contributed by atoms with E-state index in [2.05, 4.69) is 10.0 Å². The van der Waals surface area contributed by atoms with Crippen LogP contribution in [0.3, 0.4) is 0 Å². The zero-order chi connectivity index (χ0) is 20.0. The summed E-state index contributed by atoms with van der Waals surface area (Å²) in [5.41, 5.74) is 1.71. The van der Waals surface area contributed by atoms with E-state index in [4.69, 9.17) is 0 Å². The Kier molecular flexibility index (Phi) is 6.89. The molecule has 9 heteroatoms. The number of nitrogens with one attached hydrogen (secondary N) is 2. The fourth-order valence-corrected chi connectivity index (χ4v) is 3.56. The van der Waals surface area contributed by atoms with Crippen LogP contribution in [0.5, 0.6) is 0 Å². The molecule has 0 amide bonds. The van der Waals surface area contributed by atoms with Crippen molar-refractivity contribution in [1.29, 1.82) is 0 Å². The van der Waals surface area contributed by atoms with Crippen LogP contribution in [0, 0.1) is 10.1 Å². The van der Waals surface area contributed by atoms with Gasteiger partial charge < -0.3 is 10.2 Å². The van der Waals surface area contributed by atoms with Gasteiger partial charge in [0.1, 0.15) is 5.69 Å². The van der Waals surface area contributed by atoms with Crippen molar-refractivity contribution in [2.24, 2.45) is 0 Å². The van der Waals surface area contributed by atoms with Crippen LogP contribution in [-0.4, -0.2) is 45.4 Å². The highest BCUT2D eigenvalue weighted by molar-refractivity contribution is 7.89. The molecule has 0 spiro atoms. The van der Waals surface area contributed by atoms with Crippen molar-refractivity contribution < 1.29 is 13.3 Å². The Balaban J connectivity index is 2.33. The summed E-state index contributed by atoms with van der Waals surface area (Å²) >= 11 is 0. The zero-order valence-corrected chi connectivity index (χ0v) is 16.4. The fraction of sp³-hybridized carbons (Fsp3) is 0.333. The van der Waals surface area contributed by atoms with E-state index in [1.165, 1.54) is 12.1 Å². The smallest absolute Gasteiger partial charge is 0.294 e. The molecule has 0 atom stereocenters. The lowest BCUT2D eigenvalue weighted by Crippen LogP contribution is -2.31. The molecule has 8 nitrogen and oxygen atoms in total. The molecule has 2 N–H and O–H groups in total. The molecule has 0 aliphatic heterocycles. The van der Waals surface area contributed by atoms with Gasteiger partial charge in [-0.15, -0.1) is 0 Å². The highest BCUT2D eigenvalue weighted by atomic mass is 32.2. The SMILES string of the molecule is CCc1ccccc1Nc1ccc(S(=O)(=O)NCCN(C)C)cc1[N+](=O)[O-]. The van der Waals surface area contributed by atoms with Crippen LogP contribution >= 0.6 is 0 Å². The number of aryl methyl sites for hydroxylation is 1. The Morgan fingerprint density at radius 3 is 2.44 bits per heavy atom. The van der Waals surface area contributed by atoms with Crippen LogP contribution in [0.15, 0.2) is 47.4 Å². The van der Waals surface area contributed by atoms with Gasteiger partial charge in [0.2, 0.25) is 10.0 Å². The number of hydrogen-bond acceptors (Lipinski definition) is 6. The molecule has 0 saturated heterocycles. The van der Waals surface area contributed by atoms with E-state index in [9.17, 15) is 18.5 Å². The fourth-order valence-electron chi connectivity index (χ4n) is 2.52. The summed E-state index contributed by atoms with van der Waals surface area (Å²) < 4.78 is 27.2. The average Bonchev–Trinajstić information content (AvgIpc) is 2.61. The van der Waals surface area contributed by atoms with Gasteiger partial charge >= 0.3 is 0 Å². The minimum Gasteiger partial charge on any atom is -0.350 e. The van der Waals surface area contributed by atoms with Crippen LogP contribution in [0.4, 0.5) is 17.1 Å². The molecule has 2 aromatic rings. The number of anilines is 2. The molecule has 0 bridgehead atoms. The maximum atomic E-state index is 12.4. The molecule has 0 saturated carbocycles. The van der Waals surface area contributed by atoms with Crippen molar-refractivity contribution in [2.75, 3.05) is 32.5 Å². The van der Waals surface area contributed by atoms with Gasteiger partial charge in [-0.25, -0.2) is 13.1 Å². The topological polar surface area (TPSA) is 105 Å². The second-order valence-electron chi connectivity index (χ2n) is 6.27. The van der Waals surface area contributed by atoms with Crippen molar-refractivity contribution >= 4 is 27.1 Å². The monoisotopic (exact) mass is 392 g/mol. The first kappa shape index (κ1) is 20.8. The van der Waals surface area contributed by atoms with Gasteiger partial charge in [-0.3, -0.25) is 10.1 Å². The lowest BCUT2D eigenvalue weighted by atomic mass is 10.1. The first-order chi connectivity index (χ1) is 12.7. The van der Waals surface area contributed by atoms with Gasteiger partial charge in [-0.05, 0) is 44.3 Å². The van der Waals surface area contributed by atoms with Crippen molar-refractivity contribution in [1.82, 2.24) is 9.62 Å². The van der Waals surface area contributed by atoms with Crippen LogP contribution in [0.2, 0.25) is 0 Å². The summed E-state index contributed by atoms with van der Waals surface area (Å²) in [5, 5.41) is 14.5. The Morgan fingerprint density at radius 2 is 1.81 bits per heavy atom. The summed E-state index contributed by atoms with van der Waals surface area (Å²) in [6.07, 6.45) is 0.763. The predicted octanol–water partition coefficient (Wildman–Crippen LogP) is 2.74. The summed E-state index contributed by atoms with van der Waals surface area (Å²) in [6, 6.07) is 11.4. The number of nitrogens with zero attached hydrogens (tertiary/aromatic N) is 2. The maximum Gasteiger partial charge on any atom is 0.294 e. The molecule has 2 rings (SSSR count). The molecule has 0 aliphatic rings. The minimum atomic E-state index is -3.82. The molecule has 0 aliphatic carbocycles. The van der Waals surface area contributed by atoms with Crippen molar-refractivity contribution in [3.8, 4) is 0 Å². The third-order valence-corrected chi connectivity index (χ3v) is 5.45. The number of nitro groups is 1. The van der Waals surface area contributed by atoms with Gasteiger partial charge in [0.15, 0.2) is 0 Å². The van der Waals surface area contributed by atoms with E-state index in [-0.39, 0.29) is 22.8 Å². The lowest BCUT2D eigenvalue weighted by molar-refractivity contribution is -0.384. The van der Waals surface area contributed by atoms with E-state index in [0.29, 0.717) is 6.54 Å². The molecule has 0 radical (unpaired) electrons. The first-order valence-electron chi connectivity index (χ1n) is 8.52. The molecule has 0 unspecified atom stereocenters. The lowest BCUT2D eigenvalue weighted by Gasteiger charge is -2.13. The number of para-hydroxylation sites is 1. The average molecular weight is 392 g/mol. The number of sulfonamides is 1. The quantitative estimate of drug-likeness (QED) is 0.502. The summed E-state index contributed by atoms with van der Waals surface area (Å²) in [5.74, 6) is 0. The molecule has 0 fully saturated rings. The highest BCUT2D eigenvalue weighted by Crippen LogP contribution is 2.31. The van der Waals surface area contributed by atoms with E-state index in [1.54, 1.807) is 0 Å². The van der Waals surface area contributed by atoms with Gasteiger partial charge in [0, 0.05) is 24.8 Å². The van der Waals surface area contributed by atoms with E-state index < -0.39 is 14.9 Å². The molecule has 27 heavy (non-hydrogen) atoms. The minimum absolute atomic E-state index is 0.137. The van der Waals surface area contributed by atoms with Crippen LogP contribution in [-0.2, 0) is 16.4 Å². The van der Waals surface area contributed by atoms with Crippen molar-refractivity contribution in [3.63, 3.8) is 0 Å². The van der Waals surface area contributed by atoms with E-state index in [0.717, 1.165) is 23.7 Å². The molecule has 2 aromatic carbocycles. The maximum absolute atomic E-state index is 12.4. The molecular formula is C18H24N4O4S. The number of nitro benzene ring substituents is 1. The van der Waals surface area contributed by atoms with Crippen LogP contribution < -0.4 is 10.0 Å². The molecule has 0 aromatic heterocycles. The molecule has 0 heterocycles. The molecular weight excluding hydrogens is 368 g/mol. The number of hydrogen-bond donors (Lipinski definition) is 2. The number of rotatable bonds is 9. The Labute approximate surface area is 159 Å². The van der Waals surface area contributed by atoms with E-state index >= 15 is 0 Å². The summed E-state index contributed by atoms with van der Waals surface area (Å²) in [6.45, 7) is 2.73. The third-order valence-electron chi connectivity index (χ3n) is 3.99. The van der Waals surface area contributed by atoms with Crippen LogP contribution in [0.1, 0.15) is 12.5 Å². The van der Waals surface area contributed by atoms with Crippen molar-refractivity contribution in [2.45, 2.75) is 18.2 Å². The van der Waals surface area contributed by atoms with Gasteiger partial charge in [-0.1, -0.05) is 25.1 Å². The number of benzene rings is 2. The largest absolute Gasteiger partial charge is 0.350 e. The predicted molar refractivity (Wildman–Crippen MR) is 106 cm³/mol. The second-order valence-corrected chi connectivity index (χ2v) is 8.04. The van der Waals surface area contributed by atoms with Gasteiger partial charge in [-0.2, -0.15) is 0 Å². The molecule has 146 valence electrons. The standard InChI is InChI=1S/C18H24N4O4S/c1-4-14-7-5-6-8-16(14)20-17-10-9-15(13-18(17)22(23)24)27(25,26)19-11-12-21(2)3/h5-10,13,19-20H,4,11-12H2,1-3H3. The van der Waals surface area contributed by atoms with Crippen molar-refractivity contribution in [3.05, 3.63) is 58.1 Å². The second kappa shape index (κ2) is 8.94. The normalized spacial score (nSPS) is 11.6. The number of likely N-dealkylation sites (N-methyl/N-ethyl adjacent to an activating group) is 1. The Hall–Kier alpha value is -2.49. The first-order valence-corrected chi connectivity index (χ1v) is 10.0.